The van der Waals surface area contributed by atoms with E-state index in [1.54, 1.807) is 55.4 Å². The molecule has 0 unspecified atom stereocenters. The number of rotatable bonds is 8. The van der Waals surface area contributed by atoms with Gasteiger partial charge in [-0.25, -0.2) is 0 Å². The summed E-state index contributed by atoms with van der Waals surface area (Å²) in [6.45, 7) is 15.9. The number of hydrogen-bond donors (Lipinski definition) is 3. The second kappa shape index (κ2) is 9.20. The molecule has 0 saturated heterocycles. The molecule has 0 fully saturated rings. The molecule has 26 heavy (non-hydrogen) atoms. The van der Waals surface area contributed by atoms with Crippen molar-refractivity contribution in [3.8, 4) is 0 Å². The average molecular weight is 375 g/mol. The maximum atomic E-state index is 11.9. The molecule has 154 valence electrons. The van der Waals surface area contributed by atoms with E-state index in [0.717, 1.165) is 0 Å². The maximum absolute atomic E-state index is 11.9. The third kappa shape index (κ3) is 6.56. The van der Waals surface area contributed by atoms with Crippen LogP contribution in [0.15, 0.2) is 0 Å². The minimum atomic E-state index is -1.07. The van der Waals surface area contributed by atoms with Gasteiger partial charge in [-0.3, -0.25) is 14.4 Å². The van der Waals surface area contributed by atoms with Crippen molar-refractivity contribution in [3.05, 3.63) is 0 Å². The van der Waals surface area contributed by atoms with Gasteiger partial charge in [-0.05, 0) is 41.5 Å². The summed E-state index contributed by atoms with van der Waals surface area (Å²) in [7, 11) is 0. The quantitative estimate of drug-likeness (QED) is 0.561. The van der Waals surface area contributed by atoms with Crippen LogP contribution in [-0.2, 0) is 14.4 Å². The first-order valence-corrected chi connectivity index (χ1v) is 8.79. The van der Waals surface area contributed by atoms with Crippen LogP contribution in [0.2, 0.25) is 0 Å². The summed E-state index contributed by atoms with van der Waals surface area (Å²) in [6.07, 6.45) is -0.708. The fraction of sp³-hybridized carbons (Fsp3) is 0.850. The average Bonchev–Trinajstić information content (AvgIpc) is 2.53. The van der Waals surface area contributed by atoms with Crippen LogP contribution in [0.3, 0.4) is 0 Å². The van der Waals surface area contributed by atoms with Crippen molar-refractivity contribution in [3.63, 3.8) is 0 Å². The van der Waals surface area contributed by atoms with Crippen molar-refractivity contribution in [2.24, 2.45) is 21.7 Å². The van der Waals surface area contributed by atoms with Gasteiger partial charge in [0.1, 0.15) is 11.6 Å². The Hall–Kier alpha value is -1.11. The van der Waals surface area contributed by atoms with Gasteiger partial charge in [0, 0.05) is 10.8 Å². The van der Waals surface area contributed by atoms with Gasteiger partial charge in [0.2, 0.25) is 0 Å². The molecular formula is C20H38O6. The Morgan fingerprint density at radius 3 is 1.08 bits per heavy atom. The molecule has 0 amide bonds. The predicted octanol–water partition coefficient (Wildman–Crippen LogP) is 2.17. The highest BCUT2D eigenvalue weighted by atomic mass is 16.3. The molecule has 0 aromatic heterocycles. The summed E-state index contributed by atoms with van der Waals surface area (Å²) in [5.41, 5.74) is -3.27. The van der Waals surface area contributed by atoms with Crippen LogP contribution < -0.4 is 0 Å². The lowest BCUT2D eigenvalue weighted by Crippen LogP contribution is -2.45. The fourth-order valence-corrected chi connectivity index (χ4v) is 2.33. The van der Waals surface area contributed by atoms with Crippen molar-refractivity contribution in [1.29, 1.82) is 0 Å². The van der Waals surface area contributed by atoms with Gasteiger partial charge < -0.3 is 15.3 Å². The van der Waals surface area contributed by atoms with Gasteiger partial charge in [-0.1, -0.05) is 27.7 Å². The van der Waals surface area contributed by atoms with E-state index >= 15 is 0 Å². The number of Topliss-reactive ketones (excluding diaryl/α,β-unsaturated/α-hetero) is 3. The number of carbonyl (C=O) groups excluding carboxylic acids is 3. The van der Waals surface area contributed by atoms with E-state index in [-0.39, 0.29) is 30.6 Å². The third-order valence-electron chi connectivity index (χ3n) is 5.19. The largest absolute Gasteiger partial charge is 0.396 e. The molecule has 0 aromatic rings. The fourth-order valence-electron chi connectivity index (χ4n) is 2.33. The summed E-state index contributed by atoms with van der Waals surface area (Å²) < 4.78 is 0. The molecule has 0 spiro atoms. The SMILES string of the molecule is CC(=O)C(C)(C)C(=O)C(C)(C)C(C)=O.CC(C)(CO)C(O)C(C)(C)CO. The van der Waals surface area contributed by atoms with Crippen molar-refractivity contribution >= 4 is 17.3 Å². The second-order valence-corrected chi connectivity index (χ2v) is 9.39. The zero-order valence-electron chi connectivity index (χ0n) is 18.1. The molecule has 0 radical (unpaired) electrons. The Morgan fingerprint density at radius 1 is 0.692 bits per heavy atom. The number of aliphatic hydroxyl groups is 3. The Bertz CT molecular complexity index is 470. The highest BCUT2D eigenvalue weighted by molar-refractivity contribution is 6.15. The first-order chi connectivity index (χ1) is 11.3. The van der Waals surface area contributed by atoms with Crippen molar-refractivity contribution in [2.75, 3.05) is 13.2 Å². The first kappa shape index (κ1) is 27.1. The van der Waals surface area contributed by atoms with Crippen LogP contribution in [0.5, 0.6) is 0 Å². The van der Waals surface area contributed by atoms with E-state index < -0.39 is 27.8 Å². The minimum absolute atomic E-state index is 0.0857. The van der Waals surface area contributed by atoms with Crippen LogP contribution in [0.4, 0.5) is 0 Å². The van der Waals surface area contributed by atoms with Crippen molar-refractivity contribution < 1.29 is 29.7 Å². The lowest BCUT2D eigenvalue weighted by molar-refractivity contribution is -0.147. The first-order valence-electron chi connectivity index (χ1n) is 8.79. The predicted molar refractivity (Wildman–Crippen MR) is 102 cm³/mol. The molecule has 0 aliphatic carbocycles. The highest BCUT2D eigenvalue weighted by Gasteiger charge is 2.44. The van der Waals surface area contributed by atoms with E-state index in [2.05, 4.69) is 0 Å². The molecule has 6 nitrogen and oxygen atoms in total. The molecular weight excluding hydrogens is 336 g/mol. The summed E-state index contributed by atoms with van der Waals surface area (Å²) >= 11 is 0. The van der Waals surface area contributed by atoms with Crippen LogP contribution >= 0.6 is 0 Å². The molecule has 0 aromatic carbocycles. The van der Waals surface area contributed by atoms with Crippen LogP contribution in [-0.4, -0.2) is 52.0 Å². The van der Waals surface area contributed by atoms with E-state index in [4.69, 9.17) is 10.2 Å². The molecule has 0 saturated carbocycles. The summed E-state index contributed by atoms with van der Waals surface area (Å²) in [5.74, 6) is -0.737. The second-order valence-electron chi connectivity index (χ2n) is 9.39. The lowest BCUT2D eigenvalue weighted by atomic mass is 9.70. The number of hydrogen-bond acceptors (Lipinski definition) is 6. The van der Waals surface area contributed by atoms with E-state index in [9.17, 15) is 19.5 Å². The molecule has 0 aliphatic heterocycles. The van der Waals surface area contributed by atoms with Gasteiger partial charge in [0.25, 0.3) is 0 Å². The Labute approximate surface area is 158 Å². The van der Waals surface area contributed by atoms with Gasteiger partial charge in [0.05, 0.1) is 30.1 Å². The summed E-state index contributed by atoms with van der Waals surface area (Å²) in [4.78, 5) is 34.4. The smallest absolute Gasteiger partial charge is 0.158 e. The van der Waals surface area contributed by atoms with Crippen LogP contribution in [0, 0.1) is 21.7 Å². The normalized spacial score (nSPS) is 13.2. The number of carbonyl (C=O) groups is 3. The Balaban J connectivity index is 0. The molecule has 0 rings (SSSR count). The van der Waals surface area contributed by atoms with Gasteiger partial charge >= 0.3 is 0 Å². The maximum Gasteiger partial charge on any atom is 0.158 e. The molecule has 0 heterocycles. The van der Waals surface area contributed by atoms with Gasteiger partial charge in [-0.2, -0.15) is 0 Å². The van der Waals surface area contributed by atoms with Gasteiger partial charge in [-0.15, -0.1) is 0 Å². The Kier molecular flexibility index (Phi) is 9.59. The Morgan fingerprint density at radius 2 is 0.923 bits per heavy atom. The highest BCUT2D eigenvalue weighted by Crippen LogP contribution is 2.33. The monoisotopic (exact) mass is 374 g/mol. The van der Waals surface area contributed by atoms with Gasteiger partial charge in [0.15, 0.2) is 5.78 Å². The third-order valence-corrected chi connectivity index (χ3v) is 5.19. The van der Waals surface area contributed by atoms with Crippen molar-refractivity contribution in [2.45, 2.75) is 75.3 Å². The van der Waals surface area contributed by atoms with Crippen LogP contribution in [0.25, 0.3) is 0 Å². The zero-order valence-corrected chi connectivity index (χ0v) is 18.1. The van der Waals surface area contributed by atoms with E-state index in [0.29, 0.717) is 0 Å². The van der Waals surface area contributed by atoms with Crippen LogP contribution in [0.1, 0.15) is 69.2 Å². The van der Waals surface area contributed by atoms with E-state index in [1.165, 1.54) is 13.8 Å². The van der Waals surface area contributed by atoms with E-state index in [1.807, 2.05) is 0 Å². The zero-order chi connectivity index (χ0) is 21.7. The lowest BCUT2D eigenvalue weighted by Gasteiger charge is -2.38. The molecule has 3 N–H and O–H groups in total. The summed E-state index contributed by atoms with van der Waals surface area (Å²) in [5, 5.41) is 27.7. The standard InChI is InChI=1S/C11H18O3.C9H20O3/c1-7(12)10(3,4)9(14)11(5,6)8(2)13;1-8(2,5-10)7(12)9(3,4)6-11/h1-6H3;7,10-12H,5-6H2,1-4H3. The minimum Gasteiger partial charge on any atom is -0.396 e. The topological polar surface area (TPSA) is 112 Å². The number of ketones is 3. The molecule has 0 bridgehead atoms. The summed E-state index contributed by atoms with van der Waals surface area (Å²) in [6, 6.07) is 0. The molecule has 0 atom stereocenters. The number of aliphatic hydroxyl groups excluding tert-OH is 3. The molecule has 0 aliphatic rings. The van der Waals surface area contributed by atoms with Crippen molar-refractivity contribution in [1.82, 2.24) is 0 Å². The molecule has 6 heteroatoms.